The molecule has 2 amide bonds. The van der Waals surface area contributed by atoms with Crippen LogP contribution in [0.25, 0.3) is 5.52 Å². The third-order valence-corrected chi connectivity index (χ3v) is 5.45. The summed E-state index contributed by atoms with van der Waals surface area (Å²) >= 11 is 6.23. The van der Waals surface area contributed by atoms with Gasteiger partial charge in [0.2, 0.25) is 5.91 Å². The smallest absolute Gasteiger partial charge is 0.272 e. The maximum atomic E-state index is 12.5. The molecule has 1 N–H and O–H groups in total. The van der Waals surface area contributed by atoms with E-state index in [1.165, 1.54) is 0 Å². The summed E-state index contributed by atoms with van der Waals surface area (Å²) in [6.45, 7) is 3.55. The minimum atomic E-state index is -0.348. The molecule has 1 aromatic carbocycles. The summed E-state index contributed by atoms with van der Waals surface area (Å²) in [6.07, 6.45) is 1.78. The van der Waals surface area contributed by atoms with E-state index in [9.17, 15) is 9.59 Å². The van der Waals surface area contributed by atoms with Gasteiger partial charge in [0, 0.05) is 43.9 Å². The van der Waals surface area contributed by atoms with Gasteiger partial charge in [-0.2, -0.15) is 5.10 Å². The Bertz CT molecular complexity index is 994. The van der Waals surface area contributed by atoms with Crippen LogP contribution in [0.15, 0.2) is 54.7 Å². The second-order valence-corrected chi connectivity index (χ2v) is 7.44. The number of rotatable bonds is 5. The Morgan fingerprint density at radius 1 is 1.03 bits per heavy atom. The van der Waals surface area contributed by atoms with Gasteiger partial charge < -0.3 is 10.2 Å². The predicted molar refractivity (Wildman–Crippen MR) is 111 cm³/mol. The average molecular weight is 412 g/mol. The van der Waals surface area contributed by atoms with E-state index in [1.54, 1.807) is 21.7 Å². The number of carbonyl (C=O) groups excluding carboxylic acids is 2. The molecule has 7 nitrogen and oxygen atoms in total. The van der Waals surface area contributed by atoms with Gasteiger partial charge in [-0.05, 0) is 29.8 Å². The normalized spacial score (nSPS) is 14.9. The number of fused-ring (bicyclic) bond motifs is 1. The van der Waals surface area contributed by atoms with Crippen molar-refractivity contribution in [2.45, 2.75) is 6.54 Å². The van der Waals surface area contributed by atoms with Crippen LogP contribution >= 0.6 is 11.6 Å². The van der Waals surface area contributed by atoms with Gasteiger partial charge in [-0.3, -0.25) is 14.5 Å². The minimum absolute atomic E-state index is 0.0305. The fourth-order valence-corrected chi connectivity index (χ4v) is 3.63. The molecule has 0 unspecified atom stereocenters. The number of pyridine rings is 1. The number of amides is 2. The molecular formula is C21H22ClN5O2. The Morgan fingerprint density at radius 3 is 2.55 bits per heavy atom. The van der Waals surface area contributed by atoms with E-state index in [-0.39, 0.29) is 18.4 Å². The first kappa shape index (κ1) is 19.4. The fourth-order valence-electron chi connectivity index (χ4n) is 3.43. The van der Waals surface area contributed by atoms with Crippen molar-refractivity contribution in [1.29, 1.82) is 0 Å². The quantitative estimate of drug-likeness (QED) is 0.697. The molecule has 8 heteroatoms. The number of benzene rings is 1. The lowest BCUT2D eigenvalue weighted by Crippen LogP contribution is -2.50. The highest BCUT2D eigenvalue weighted by atomic mass is 35.5. The number of piperazine rings is 1. The van der Waals surface area contributed by atoms with E-state index in [2.05, 4.69) is 15.3 Å². The average Bonchev–Trinajstić information content (AvgIpc) is 3.18. The molecule has 1 saturated heterocycles. The number of hydrogen-bond donors (Lipinski definition) is 1. The van der Waals surface area contributed by atoms with Crippen LogP contribution in [-0.4, -0.2) is 64.0 Å². The van der Waals surface area contributed by atoms with Crippen LogP contribution in [0.5, 0.6) is 0 Å². The SMILES string of the molecule is O=C(NCC(=O)N1CCN(Cc2ccccc2Cl)CC1)c1cc2ccccn2n1. The van der Waals surface area contributed by atoms with Crippen molar-refractivity contribution < 1.29 is 9.59 Å². The van der Waals surface area contributed by atoms with Gasteiger partial charge in [0.15, 0.2) is 5.69 Å². The van der Waals surface area contributed by atoms with Gasteiger partial charge in [-0.15, -0.1) is 0 Å². The molecule has 0 spiro atoms. The Kier molecular flexibility index (Phi) is 5.78. The monoisotopic (exact) mass is 411 g/mol. The van der Waals surface area contributed by atoms with E-state index in [0.717, 1.165) is 35.7 Å². The highest BCUT2D eigenvalue weighted by Gasteiger charge is 2.22. The summed E-state index contributed by atoms with van der Waals surface area (Å²) in [5, 5.41) is 7.67. The third kappa shape index (κ3) is 4.58. The van der Waals surface area contributed by atoms with Gasteiger partial charge in [-0.25, -0.2) is 4.52 Å². The number of halogens is 1. The van der Waals surface area contributed by atoms with E-state index in [0.29, 0.717) is 18.8 Å². The molecular weight excluding hydrogens is 390 g/mol. The molecule has 1 aliphatic heterocycles. The Morgan fingerprint density at radius 2 is 1.79 bits per heavy atom. The predicted octanol–water partition coefficient (Wildman–Crippen LogP) is 2.06. The van der Waals surface area contributed by atoms with Crippen LogP contribution in [0.3, 0.4) is 0 Å². The molecule has 1 fully saturated rings. The summed E-state index contributed by atoms with van der Waals surface area (Å²) < 4.78 is 1.63. The highest BCUT2D eigenvalue weighted by molar-refractivity contribution is 6.31. The molecule has 3 aromatic rings. The number of hydrogen-bond acceptors (Lipinski definition) is 4. The number of nitrogens with one attached hydrogen (secondary N) is 1. The van der Waals surface area contributed by atoms with Crippen molar-refractivity contribution in [2.75, 3.05) is 32.7 Å². The van der Waals surface area contributed by atoms with Gasteiger partial charge in [0.05, 0.1) is 12.1 Å². The van der Waals surface area contributed by atoms with Crippen molar-refractivity contribution in [3.63, 3.8) is 0 Å². The lowest BCUT2D eigenvalue weighted by atomic mass is 10.2. The first-order valence-electron chi connectivity index (χ1n) is 9.56. The maximum absolute atomic E-state index is 12.5. The molecule has 0 radical (unpaired) electrons. The van der Waals surface area contributed by atoms with Gasteiger partial charge in [0.1, 0.15) is 0 Å². The van der Waals surface area contributed by atoms with Crippen LogP contribution in [-0.2, 0) is 11.3 Å². The van der Waals surface area contributed by atoms with Gasteiger partial charge >= 0.3 is 0 Å². The molecule has 29 heavy (non-hydrogen) atoms. The zero-order chi connectivity index (χ0) is 20.2. The molecule has 4 rings (SSSR count). The number of aromatic nitrogens is 2. The Balaban J connectivity index is 1.25. The Labute approximate surface area is 173 Å². The highest BCUT2D eigenvalue weighted by Crippen LogP contribution is 2.18. The molecule has 0 bridgehead atoms. The maximum Gasteiger partial charge on any atom is 0.272 e. The van der Waals surface area contributed by atoms with Crippen molar-refractivity contribution >= 4 is 28.9 Å². The van der Waals surface area contributed by atoms with E-state index >= 15 is 0 Å². The lowest BCUT2D eigenvalue weighted by molar-refractivity contribution is -0.131. The largest absolute Gasteiger partial charge is 0.342 e. The molecule has 2 aromatic heterocycles. The zero-order valence-corrected chi connectivity index (χ0v) is 16.7. The second-order valence-electron chi connectivity index (χ2n) is 7.03. The fraction of sp³-hybridized carbons (Fsp3) is 0.286. The van der Waals surface area contributed by atoms with Gasteiger partial charge in [0.25, 0.3) is 5.91 Å². The van der Waals surface area contributed by atoms with E-state index in [4.69, 9.17) is 11.6 Å². The van der Waals surface area contributed by atoms with Crippen LogP contribution in [0.1, 0.15) is 16.1 Å². The summed E-state index contributed by atoms with van der Waals surface area (Å²) in [5.41, 5.74) is 2.22. The minimum Gasteiger partial charge on any atom is -0.342 e. The molecule has 0 aliphatic carbocycles. The molecule has 0 atom stereocenters. The molecule has 1 aliphatic rings. The van der Waals surface area contributed by atoms with Crippen LogP contribution in [0.2, 0.25) is 5.02 Å². The second kappa shape index (κ2) is 8.63. The summed E-state index contributed by atoms with van der Waals surface area (Å²) in [6, 6.07) is 15.1. The van der Waals surface area contributed by atoms with Crippen molar-refractivity contribution in [3.05, 3.63) is 71.0 Å². The molecule has 3 heterocycles. The summed E-state index contributed by atoms with van der Waals surface area (Å²) in [4.78, 5) is 28.8. The number of nitrogens with zero attached hydrogens (tertiary/aromatic N) is 4. The first-order valence-corrected chi connectivity index (χ1v) is 9.94. The number of carbonyl (C=O) groups is 2. The van der Waals surface area contributed by atoms with Crippen molar-refractivity contribution in [3.8, 4) is 0 Å². The third-order valence-electron chi connectivity index (χ3n) is 5.08. The summed E-state index contributed by atoms with van der Waals surface area (Å²) in [7, 11) is 0. The van der Waals surface area contributed by atoms with Crippen LogP contribution in [0, 0.1) is 0 Å². The van der Waals surface area contributed by atoms with Crippen LogP contribution in [0.4, 0.5) is 0 Å². The first-order chi connectivity index (χ1) is 14.1. The van der Waals surface area contributed by atoms with Crippen LogP contribution < -0.4 is 5.32 Å². The van der Waals surface area contributed by atoms with Gasteiger partial charge in [-0.1, -0.05) is 35.9 Å². The topological polar surface area (TPSA) is 70.0 Å². The molecule has 150 valence electrons. The zero-order valence-electron chi connectivity index (χ0n) is 15.9. The van der Waals surface area contributed by atoms with Crippen molar-refractivity contribution in [1.82, 2.24) is 24.7 Å². The standard InChI is InChI=1S/C21H22ClN5O2/c22-18-7-2-1-5-16(18)15-25-9-11-26(12-10-25)20(28)14-23-21(29)19-13-17-6-3-4-8-27(17)24-19/h1-8,13H,9-12,14-15H2,(H,23,29). The van der Waals surface area contributed by atoms with Crippen molar-refractivity contribution in [2.24, 2.45) is 0 Å². The Hall–Kier alpha value is -2.90. The van der Waals surface area contributed by atoms with E-state index < -0.39 is 0 Å². The molecule has 0 saturated carbocycles. The lowest BCUT2D eigenvalue weighted by Gasteiger charge is -2.35. The summed E-state index contributed by atoms with van der Waals surface area (Å²) in [5.74, 6) is -0.432. The van der Waals surface area contributed by atoms with E-state index in [1.807, 2.05) is 42.5 Å².